The van der Waals surface area contributed by atoms with Crippen LogP contribution in [0.3, 0.4) is 0 Å². The minimum absolute atomic E-state index is 0.177. The summed E-state index contributed by atoms with van der Waals surface area (Å²) in [7, 11) is 0. The summed E-state index contributed by atoms with van der Waals surface area (Å²) in [5.74, 6) is -0.479. The molecule has 0 saturated heterocycles. The number of amides is 1. The lowest BCUT2D eigenvalue weighted by atomic mass is 9.75. The molecule has 4 rings (SSSR count). The number of benzene rings is 2. The van der Waals surface area contributed by atoms with E-state index in [9.17, 15) is 14.3 Å². The second kappa shape index (κ2) is 7.32. The summed E-state index contributed by atoms with van der Waals surface area (Å²) < 4.78 is 13.6. The van der Waals surface area contributed by atoms with Crippen molar-refractivity contribution in [2.75, 3.05) is 0 Å². The predicted molar refractivity (Wildman–Crippen MR) is 99.4 cm³/mol. The van der Waals surface area contributed by atoms with E-state index >= 15 is 0 Å². The van der Waals surface area contributed by atoms with Crippen molar-refractivity contribution in [3.8, 4) is 11.3 Å². The molecule has 6 heteroatoms. The van der Waals surface area contributed by atoms with Crippen LogP contribution in [0.2, 0.25) is 0 Å². The average molecular weight is 365 g/mol. The lowest BCUT2D eigenvalue weighted by Crippen LogP contribution is -2.41. The molecule has 1 aliphatic carbocycles. The van der Waals surface area contributed by atoms with Crippen molar-refractivity contribution >= 4 is 5.91 Å². The van der Waals surface area contributed by atoms with Crippen LogP contribution in [0.1, 0.15) is 34.8 Å². The number of aliphatic hydroxyl groups excluding tert-OH is 1. The average Bonchev–Trinajstić information content (AvgIpc) is 3.14. The van der Waals surface area contributed by atoms with Crippen molar-refractivity contribution in [3.63, 3.8) is 0 Å². The minimum atomic E-state index is -0.376. The Kier molecular flexibility index (Phi) is 4.73. The van der Waals surface area contributed by atoms with Gasteiger partial charge >= 0.3 is 0 Å². The van der Waals surface area contributed by atoms with Gasteiger partial charge in [-0.3, -0.25) is 9.89 Å². The third-order valence-electron chi connectivity index (χ3n) is 5.06. The number of hydrogen-bond donors (Lipinski definition) is 3. The molecule has 1 aromatic heterocycles. The van der Waals surface area contributed by atoms with Crippen LogP contribution < -0.4 is 5.32 Å². The number of carbonyl (C=O) groups excluding carboxylic acids is 1. The highest BCUT2D eigenvalue weighted by Gasteiger charge is 2.36. The van der Waals surface area contributed by atoms with E-state index < -0.39 is 0 Å². The van der Waals surface area contributed by atoms with Gasteiger partial charge in [-0.1, -0.05) is 42.5 Å². The van der Waals surface area contributed by atoms with Crippen LogP contribution in [-0.2, 0) is 0 Å². The van der Waals surface area contributed by atoms with Gasteiger partial charge in [0.05, 0.1) is 29.6 Å². The molecule has 1 amide bonds. The number of halogens is 1. The zero-order valence-electron chi connectivity index (χ0n) is 14.6. The van der Waals surface area contributed by atoms with Gasteiger partial charge < -0.3 is 10.4 Å². The Morgan fingerprint density at radius 2 is 1.96 bits per heavy atom. The molecular formula is C21H20FN3O2. The molecule has 27 heavy (non-hydrogen) atoms. The summed E-state index contributed by atoms with van der Waals surface area (Å²) in [4.78, 5) is 13.0. The van der Waals surface area contributed by atoms with E-state index in [1.54, 1.807) is 12.1 Å². The molecule has 1 aliphatic rings. The van der Waals surface area contributed by atoms with Crippen LogP contribution in [0.25, 0.3) is 11.3 Å². The largest absolute Gasteiger partial charge is 0.393 e. The normalized spacial score (nSPS) is 19.9. The Hall–Kier alpha value is -2.99. The molecule has 0 spiro atoms. The molecule has 0 bridgehead atoms. The van der Waals surface area contributed by atoms with Crippen LogP contribution in [0, 0.1) is 11.7 Å². The van der Waals surface area contributed by atoms with Crippen LogP contribution in [-0.4, -0.2) is 27.3 Å². The van der Waals surface area contributed by atoms with E-state index in [0.717, 1.165) is 5.56 Å². The van der Waals surface area contributed by atoms with Gasteiger partial charge in [-0.15, -0.1) is 0 Å². The zero-order valence-corrected chi connectivity index (χ0v) is 14.6. The molecule has 1 heterocycles. The maximum absolute atomic E-state index is 13.6. The van der Waals surface area contributed by atoms with Crippen LogP contribution in [0.5, 0.6) is 0 Å². The third kappa shape index (κ3) is 3.61. The Balaban J connectivity index is 1.60. The summed E-state index contributed by atoms with van der Waals surface area (Å²) in [6, 6.07) is 15.6. The quantitative estimate of drug-likeness (QED) is 0.648. The van der Waals surface area contributed by atoms with Crippen LogP contribution in [0.4, 0.5) is 4.39 Å². The number of carbonyl (C=O) groups is 1. The van der Waals surface area contributed by atoms with Gasteiger partial charge in [0.1, 0.15) is 5.82 Å². The molecule has 1 saturated carbocycles. The first-order valence-corrected chi connectivity index (χ1v) is 8.95. The Bertz CT molecular complexity index is 935. The Morgan fingerprint density at radius 3 is 2.67 bits per heavy atom. The highest BCUT2D eigenvalue weighted by Crippen LogP contribution is 2.38. The molecule has 0 radical (unpaired) electrons. The number of nitrogens with one attached hydrogen (secondary N) is 2. The first-order chi connectivity index (χ1) is 13.1. The maximum atomic E-state index is 13.6. The van der Waals surface area contributed by atoms with Gasteiger partial charge in [0.2, 0.25) is 0 Å². The molecule has 3 aromatic rings. The smallest absolute Gasteiger partial charge is 0.255 e. The van der Waals surface area contributed by atoms with Gasteiger partial charge in [0, 0.05) is 5.56 Å². The number of aromatic amines is 1. The lowest BCUT2D eigenvalue weighted by Gasteiger charge is -2.38. The second-order valence-electron chi connectivity index (χ2n) is 6.92. The van der Waals surface area contributed by atoms with Gasteiger partial charge in [-0.05, 0) is 36.5 Å². The SMILES string of the molecule is O=C(N[C@H](c1ccccc1)C1CC(O)C1)c1cn[nH]c1-c1cccc(F)c1. The third-order valence-corrected chi connectivity index (χ3v) is 5.06. The van der Waals surface area contributed by atoms with Gasteiger partial charge in [0.15, 0.2) is 0 Å². The molecule has 0 unspecified atom stereocenters. The highest BCUT2D eigenvalue weighted by molar-refractivity contribution is 6.00. The van der Waals surface area contributed by atoms with Crippen molar-refractivity contribution in [2.24, 2.45) is 5.92 Å². The summed E-state index contributed by atoms with van der Waals surface area (Å²) in [6.45, 7) is 0. The summed E-state index contributed by atoms with van der Waals surface area (Å²) in [5.41, 5.74) is 2.40. The number of H-pyrrole nitrogens is 1. The minimum Gasteiger partial charge on any atom is -0.393 e. The van der Waals surface area contributed by atoms with E-state index in [1.807, 2.05) is 30.3 Å². The van der Waals surface area contributed by atoms with E-state index in [1.165, 1.54) is 18.3 Å². The van der Waals surface area contributed by atoms with Crippen molar-refractivity contribution in [1.82, 2.24) is 15.5 Å². The summed E-state index contributed by atoms with van der Waals surface area (Å²) in [5, 5.41) is 19.5. The van der Waals surface area contributed by atoms with Gasteiger partial charge in [-0.2, -0.15) is 5.10 Å². The molecule has 5 nitrogen and oxygen atoms in total. The molecule has 3 N–H and O–H groups in total. The molecule has 0 aliphatic heterocycles. The fraction of sp³-hybridized carbons (Fsp3) is 0.238. The second-order valence-corrected chi connectivity index (χ2v) is 6.92. The summed E-state index contributed by atoms with van der Waals surface area (Å²) in [6.07, 6.45) is 2.45. The van der Waals surface area contributed by atoms with Crippen molar-refractivity contribution < 1.29 is 14.3 Å². The van der Waals surface area contributed by atoms with E-state index in [4.69, 9.17) is 0 Å². The lowest BCUT2D eigenvalue weighted by molar-refractivity contribution is 0.0235. The Morgan fingerprint density at radius 1 is 1.19 bits per heavy atom. The van der Waals surface area contributed by atoms with Crippen LogP contribution in [0.15, 0.2) is 60.8 Å². The van der Waals surface area contributed by atoms with E-state index in [2.05, 4.69) is 15.5 Å². The highest BCUT2D eigenvalue weighted by atomic mass is 19.1. The molecular weight excluding hydrogens is 345 g/mol. The number of aliphatic hydroxyl groups is 1. The number of aromatic nitrogens is 2. The van der Waals surface area contributed by atoms with E-state index in [-0.39, 0.29) is 29.8 Å². The van der Waals surface area contributed by atoms with Gasteiger partial charge in [-0.25, -0.2) is 4.39 Å². The van der Waals surface area contributed by atoms with Crippen molar-refractivity contribution in [2.45, 2.75) is 25.0 Å². The fourth-order valence-corrected chi connectivity index (χ4v) is 3.58. The van der Waals surface area contributed by atoms with Crippen molar-refractivity contribution in [1.29, 1.82) is 0 Å². The zero-order chi connectivity index (χ0) is 18.8. The predicted octanol–water partition coefficient (Wildman–Crippen LogP) is 3.46. The number of nitrogens with zero attached hydrogens (tertiary/aromatic N) is 1. The Labute approximate surface area is 156 Å². The van der Waals surface area contributed by atoms with Gasteiger partial charge in [0.25, 0.3) is 5.91 Å². The number of hydrogen-bond acceptors (Lipinski definition) is 3. The van der Waals surface area contributed by atoms with Crippen LogP contribution >= 0.6 is 0 Å². The molecule has 1 atom stereocenters. The number of rotatable bonds is 5. The standard InChI is InChI=1S/C21H20FN3O2/c22-16-8-4-7-14(9-16)20-18(12-23-25-20)21(27)24-19(15-10-17(26)11-15)13-5-2-1-3-6-13/h1-9,12,15,17,19,26H,10-11H2,(H,23,25)(H,24,27)/t15?,17?,19-/m1/s1. The molecule has 1 fully saturated rings. The molecule has 138 valence electrons. The summed E-state index contributed by atoms with van der Waals surface area (Å²) >= 11 is 0. The topological polar surface area (TPSA) is 78.0 Å². The van der Waals surface area contributed by atoms with E-state index in [0.29, 0.717) is 29.7 Å². The first kappa shape index (κ1) is 17.4. The first-order valence-electron chi connectivity index (χ1n) is 8.95. The monoisotopic (exact) mass is 365 g/mol. The molecule has 2 aromatic carbocycles. The van der Waals surface area contributed by atoms with Crippen molar-refractivity contribution in [3.05, 3.63) is 77.7 Å². The maximum Gasteiger partial charge on any atom is 0.255 e. The fourth-order valence-electron chi connectivity index (χ4n) is 3.58.